The monoisotopic (exact) mass is 328 g/mol. The Labute approximate surface area is 142 Å². The summed E-state index contributed by atoms with van der Waals surface area (Å²) >= 11 is 1.91. The van der Waals surface area contributed by atoms with Crippen LogP contribution >= 0.6 is 11.3 Å². The summed E-state index contributed by atoms with van der Waals surface area (Å²) in [6.45, 7) is 3.41. The molecule has 1 aromatic carbocycles. The third kappa shape index (κ3) is 3.35. The van der Waals surface area contributed by atoms with Crippen molar-refractivity contribution in [3.8, 4) is 0 Å². The van der Waals surface area contributed by atoms with Gasteiger partial charge >= 0.3 is 0 Å². The van der Waals surface area contributed by atoms with Crippen LogP contribution in [-0.2, 0) is 19.4 Å². The molecule has 2 heterocycles. The van der Waals surface area contributed by atoms with Crippen molar-refractivity contribution in [1.82, 2.24) is 9.88 Å². The highest BCUT2D eigenvalue weighted by atomic mass is 32.1. The maximum atomic E-state index is 9.28. The molecule has 3 nitrogen and oxygen atoms in total. The van der Waals surface area contributed by atoms with E-state index in [1.54, 1.807) is 0 Å². The highest BCUT2D eigenvalue weighted by Crippen LogP contribution is 2.36. The van der Waals surface area contributed by atoms with E-state index in [1.165, 1.54) is 27.6 Å². The van der Waals surface area contributed by atoms with Gasteiger partial charge in [-0.1, -0.05) is 30.3 Å². The van der Waals surface area contributed by atoms with Crippen molar-refractivity contribution in [2.45, 2.75) is 38.1 Å². The summed E-state index contributed by atoms with van der Waals surface area (Å²) in [6, 6.07) is 10.9. The van der Waals surface area contributed by atoms with Gasteiger partial charge in [0.15, 0.2) is 0 Å². The van der Waals surface area contributed by atoms with Crippen LogP contribution < -0.4 is 0 Å². The van der Waals surface area contributed by atoms with Gasteiger partial charge in [0, 0.05) is 18.0 Å². The van der Waals surface area contributed by atoms with Gasteiger partial charge in [0.1, 0.15) is 5.01 Å². The van der Waals surface area contributed by atoms with Crippen LogP contribution in [0.25, 0.3) is 0 Å². The van der Waals surface area contributed by atoms with Crippen LogP contribution in [0, 0.1) is 5.92 Å². The van der Waals surface area contributed by atoms with Crippen LogP contribution in [0.2, 0.25) is 0 Å². The number of aromatic nitrogens is 1. The quantitative estimate of drug-likeness (QED) is 0.936. The van der Waals surface area contributed by atoms with Crippen molar-refractivity contribution in [1.29, 1.82) is 0 Å². The van der Waals surface area contributed by atoms with Crippen LogP contribution in [0.5, 0.6) is 0 Å². The first-order valence-corrected chi connectivity index (χ1v) is 9.49. The number of hydrogen-bond donors (Lipinski definition) is 1. The maximum absolute atomic E-state index is 9.28. The second kappa shape index (κ2) is 6.71. The van der Waals surface area contributed by atoms with Crippen LogP contribution in [0.3, 0.4) is 0 Å². The summed E-state index contributed by atoms with van der Waals surface area (Å²) in [6.07, 6.45) is 4.61. The molecule has 1 saturated heterocycles. The number of hydrogen-bond acceptors (Lipinski definition) is 4. The van der Waals surface area contributed by atoms with Gasteiger partial charge < -0.3 is 5.11 Å². The first-order valence-electron chi connectivity index (χ1n) is 8.67. The van der Waals surface area contributed by atoms with Crippen LogP contribution in [0.15, 0.2) is 30.3 Å². The van der Waals surface area contributed by atoms with Gasteiger partial charge in [0.05, 0.1) is 12.2 Å². The number of aryl methyl sites for hydroxylation is 1. The summed E-state index contributed by atoms with van der Waals surface area (Å²) in [4.78, 5) is 8.85. The number of aliphatic hydroxyl groups is 1. The van der Waals surface area contributed by atoms with E-state index in [1.807, 2.05) is 11.3 Å². The van der Waals surface area contributed by atoms with Gasteiger partial charge in [-0.3, -0.25) is 4.90 Å². The standard InChI is InChI=1S/C19H24N2OS/c22-13-14-8-9-21(11-14)12-19-20-17-7-6-16(10-18(17)23-19)15-4-2-1-3-5-15/h1-5,14,16,22H,6-13H2/t14-,16-/m1/s1. The van der Waals surface area contributed by atoms with Gasteiger partial charge in [0.25, 0.3) is 0 Å². The average molecular weight is 328 g/mol. The fourth-order valence-corrected chi connectivity index (χ4v) is 5.14. The van der Waals surface area contributed by atoms with Crippen molar-refractivity contribution >= 4 is 11.3 Å². The van der Waals surface area contributed by atoms with Crippen molar-refractivity contribution in [3.05, 3.63) is 51.5 Å². The van der Waals surface area contributed by atoms with E-state index in [9.17, 15) is 5.11 Å². The molecule has 4 rings (SSSR count). The third-order valence-electron chi connectivity index (χ3n) is 5.24. The zero-order valence-corrected chi connectivity index (χ0v) is 14.3. The Morgan fingerprint density at radius 3 is 2.87 bits per heavy atom. The topological polar surface area (TPSA) is 36.4 Å². The predicted molar refractivity (Wildman–Crippen MR) is 93.8 cm³/mol. The highest BCUT2D eigenvalue weighted by molar-refractivity contribution is 7.11. The van der Waals surface area contributed by atoms with Gasteiger partial charge in [-0.05, 0) is 49.6 Å². The molecule has 1 fully saturated rings. The molecular formula is C19H24N2OS. The Hall–Kier alpha value is -1.23. The summed E-state index contributed by atoms with van der Waals surface area (Å²) in [7, 11) is 0. The highest BCUT2D eigenvalue weighted by Gasteiger charge is 2.26. The van der Waals surface area contributed by atoms with Gasteiger partial charge in [-0.15, -0.1) is 11.3 Å². The number of thiazole rings is 1. The molecule has 1 aliphatic carbocycles. The predicted octanol–water partition coefficient (Wildman–Crippen LogP) is 3.23. The smallest absolute Gasteiger partial charge is 0.107 e. The summed E-state index contributed by atoms with van der Waals surface area (Å²) in [5.74, 6) is 1.12. The van der Waals surface area contributed by atoms with E-state index >= 15 is 0 Å². The van der Waals surface area contributed by atoms with Crippen molar-refractivity contribution in [2.75, 3.05) is 19.7 Å². The molecule has 1 aliphatic heterocycles. The van der Waals surface area contributed by atoms with Crippen LogP contribution in [0.4, 0.5) is 0 Å². The maximum Gasteiger partial charge on any atom is 0.107 e. The lowest BCUT2D eigenvalue weighted by Gasteiger charge is -2.21. The fourth-order valence-electron chi connectivity index (χ4n) is 3.90. The Kier molecular flexibility index (Phi) is 4.47. The Morgan fingerprint density at radius 2 is 2.09 bits per heavy atom. The molecule has 0 saturated carbocycles. The molecule has 122 valence electrons. The van der Waals surface area contributed by atoms with E-state index in [0.29, 0.717) is 18.4 Å². The third-order valence-corrected chi connectivity index (χ3v) is 6.35. The first kappa shape index (κ1) is 15.3. The van der Waals surface area contributed by atoms with Gasteiger partial charge in [-0.2, -0.15) is 0 Å². The lowest BCUT2D eigenvalue weighted by Crippen LogP contribution is -2.20. The second-order valence-electron chi connectivity index (χ2n) is 6.90. The SMILES string of the molecule is OC[C@@H]1CCN(Cc2nc3c(s2)C[C@H](c2ccccc2)CC3)C1. The molecule has 0 unspecified atom stereocenters. The zero-order chi connectivity index (χ0) is 15.6. The summed E-state index contributed by atoms with van der Waals surface area (Å²) in [5, 5.41) is 10.5. The number of nitrogens with zero attached hydrogens (tertiary/aromatic N) is 2. The number of rotatable bonds is 4. The molecule has 0 amide bonds. The number of benzene rings is 1. The molecule has 0 spiro atoms. The molecule has 2 atom stereocenters. The van der Waals surface area contributed by atoms with Crippen molar-refractivity contribution in [2.24, 2.45) is 5.92 Å². The lowest BCUT2D eigenvalue weighted by molar-refractivity contribution is 0.220. The van der Waals surface area contributed by atoms with Gasteiger partial charge in [-0.25, -0.2) is 4.98 Å². The molecular weight excluding hydrogens is 304 g/mol. The molecule has 1 N–H and O–H groups in total. The fraction of sp³-hybridized carbons (Fsp3) is 0.526. The van der Waals surface area contributed by atoms with Crippen molar-refractivity contribution in [3.63, 3.8) is 0 Å². The number of aliphatic hydroxyl groups excluding tert-OH is 1. The van der Waals surface area contributed by atoms with Gasteiger partial charge in [0.2, 0.25) is 0 Å². The minimum Gasteiger partial charge on any atom is -0.396 e. The van der Waals surface area contributed by atoms with E-state index in [-0.39, 0.29) is 0 Å². The normalized spacial score (nSPS) is 24.7. The molecule has 2 aromatic rings. The Bertz CT molecular complexity index is 655. The molecule has 2 aliphatic rings. The van der Waals surface area contributed by atoms with Crippen LogP contribution in [0.1, 0.15) is 39.9 Å². The Morgan fingerprint density at radius 1 is 1.22 bits per heavy atom. The van der Waals surface area contributed by atoms with Crippen LogP contribution in [-0.4, -0.2) is 34.7 Å². The van der Waals surface area contributed by atoms with E-state index < -0.39 is 0 Å². The van der Waals surface area contributed by atoms with E-state index in [0.717, 1.165) is 38.9 Å². The number of fused-ring (bicyclic) bond motifs is 1. The van der Waals surface area contributed by atoms with E-state index in [2.05, 4.69) is 35.2 Å². The Balaban J connectivity index is 1.43. The van der Waals surface area contributed by atoms with E-state index in [4.69, 9.17) is 4.98 Å². The lowest BCUT2D eigenvalue weighted by atomic mass is 9.85. The summed E-state index contributed by atoms with van der Waals surface area (Å²) < 4.78 is 0. The second-order valence-corrected chi connectivity index (χ2v) is 8.07. The molecule has 23 heavy (non-hydrogen) atoms. The molecule has 0 bridgehead atoms. The molecule has 1 aromatic heterocycles. The molecule has 4 heteroatoms. The summed E-state index contributed by atoms with van der Waals surface area (Å²) in [5.41, 5.74) is 2.81. The minimum absolute atomic E-state index is 0.323. The zero-order valence-electron chi connectivity index (χ0n) is 13.4. The minimum atomic E-state index is 0.323. The number of likely N-dealkylation sites (tertiary alicyclic amines) is 1. The average Bonchev–Trinajstić information content (AvgIpc) is 3.21. The van der Waals surface area contributed by atoms with Crippen molar-refractivity contribution < 1.29 is 5.11 Å². The largest absolute Gasteiger partial charge is 0.396 e. The molecule has 0 radical (unpaired) electrons. The first-order chi connectivity index (χ1) is 11.3.